The first kappa shape index (κ1) is 49.6. The van der Waals surface area contributed by atoms with Crippen LogP contribution >= 0.6 is 23.4 Å². The number of aromatic amines is 1. The number of phenolic OH excluding ortho intramolecular Hbond substituents is 1. The Hall–Kier alpha value is -6.88. The minimum Gasteiger partial charge on any atom is -0.508 e. The number of carboxylic acid groups (broad SMARTS) is 2. The van der Waals surface area contributed by atoms with Gasteiger partial charge in [0.25, 0.3) is 0 Å². The number of carboxylic acids is 2. The Morgan fingerprint density at radius 1 is 0.821 bits per heavy atom. The molecule has 0 saturated heterocycles. The van der Waals surface area contributed by atoms with Crippen molar-refractivity contribution in [3.63, 3.8) is 0 Å². The number of H-pyrrole nitrogens is 1. The normalized spacial score (nSPS) is 12.4. The summed E-state index contributed by atoms with van der Waals surface area (Å²) in [5.41, 5.74) is 20.4. The van der Waals surface area contributed by atoms with Crippen LogP contribution in [0.4, 0.5) is 11.4 Å². The summed E-state index contributed by atoms with van der Waals surface area (Å²) in [5, 5.41) is 37.9. The van der Waals surface area contributed by atoms with Gasteiger partial charge in [0.2, 0.25) is 5.88 Å². The number of fused-ring (bicyclic) bond motifs is 4. The number of anilines is 2. The van der Waals surface area contributed by atoms with Gasteiger partial charge in [0.15, 0.2) is 5.65 Å². The number of aromatic nitrogens is 4. The number of hydrogen-bond donors (Lipinski definition) is 7. The van der Waals surface area contributed by atoms with Crippen molar-refractivity contribution in [1.82, 2.24) is 24.3 Å². The van der Waals surface area contributed by atoms with E-state index in [1.54, 1.807) is 35.9 Å². The van der Waals surface area contributed by atoms with Crippen molar-refractivity contribution in [3.8, 4) is 22.9 Å². The lowest BCUT2D eigenvalue weighted by Gasteiger charge is -2.33. The summed E-state index contributed by atoms with van der Waals surface area (Å²) in [6.07, 6.45) is 7.03. The SMILES string of the molecule is CN(C)CCCN1c2ccccc2Sc2ccc(Cl)cc21.Cc1ccc(-c2cn3c(O)c(C)nc3cn2)cc1.NC(Cc1c[nH]c2ccccc12)C(=O)O.NC(Cc1ccc(O)cc1)C(=O)O. The number of carbonyl (C=O) groups is 2. The molecule has 14 nitrogen and oxygen atoms in total. The Morgan fingerprint density at radius 2 is 1.48 bits per heavy atom. The van der Waals surface area contributed by atoms with Gasteiger partial charge in [-0.2, -0.15) is 0 Å². The first-order valence-corrected chi connectivity index (χ1v) is 22.7. The van der Waals surface area contributed by atoms with Crippen LogP contribution in [-0.2, 0) is 22.4 Å². The fourth-order valence-electron chi connectivity index (χ4n) is 7.12. The summed E-state index contributed by atoms with van der Waals surface area (Å²) in [5.74, 6) is -1.67. The molecule has 9 N–H and O–H groups in total. The number of halogens is 1. The van der Waals surface area contributed by atoms with Crippen LogP contribution in [0, 0.1) is 13.8 Å². The van der Waals surface area contributed by atoms with Crippen molar-refractivity contribution >= 4 is 63.2 Å². The molecular weight excluding hydrogens is 888 g/mol. The first-order chi connectivity index (χ1) is 32.1. The van der Waals surface area contributed by atoms with Gasteiger partial charge in [-0.15, -0.1) is 0 Å². The van der Waals surface area contributed by atoms with E-state index in [0.29, 0.717) is 17.8 Å². The molecule has 3 aromatic heterocycles. The highest BCUT2D eigenvalue weighted by molar-refractivity contribution is 7.99. The molecule has 5 aromatic carbocycles. The number of para-hydroxylation sites is 2. The molecule has 9 rings (SSSR count). The molecule has 4 heterocycles. The maximum absolute atomic E-state index is 10.6. The minimum absolute atomic E-state index is 0.160. The van der Waals surface area contributed by atoms with E-state index >= 15 is 0 Å². The molecule has 8 aromatic rings. The topological polar surface area (TPSA) is 220 Å². The van der Waals surface area contributed by atoms with Crippen LogP contribution in [0.25, 0.3) is 27.8 Å². The van der Waals surface area contributed by atoms with Crippen molar-refractivity contribution in [2.24, 2.45) is 11.5 Å². The van der Waals surface area contributed by atoms with Gasteiger partial charge in [0.05, 0.1) is 23.3 Å². The highest BCUT2D eigenvalue weighted by Crippen LogP contribution is 2.48. The Balaban J connectivity index is 0.000000150. The van der Waals surface area contributed by atoms with Crippen molar-refractivity contribution in [2.45, 2.75) is 55.0 Å². The molecule has 67 heavy (non-hydrogen) atoms. The number of benzene rings is 5. The van der Waals surface area contributed by atoms with Crippen molar-refractivity contribution in [2.75, 3.05) is 32.1 Å². The summed E-state index contributed by atoms with van der Waals surface area (Å²) in [4.78, 5) is 39.9. The molecule has 0 amide bonds. The molecule has 348 valence electrons. The smallest absolute Gasteiger partial charge is 0.320 e. The highest BCUT2D eigenvalue weighted by Gasteiger charge is 2.23. The van der Waals surface area contributed by atoms with E-state index in [-0.39, 0.29) is 18.1 Å². The zero-order valence-electron chi connectivity index (χ0n) is 37.7. The summed E-state index contributed by atoms with van der Waals surface area (Å²) >= 11 is 8.03. The van der Waals surface area contributed by atoms with E-state index in [1.165, 1.54) is 38.9 Å². The second kappa shape index (κ2) is 23.0. The van der Waals surface area contributed by atoms with Crippen LogP contribution in [0.2, 0.25) is 5.02 Å². The van der Waals surface area contributed by atoms with Gasteiger partial charge in [-0.1, -0.05) is 95.7 Å². The van der Waals surface area contributed by atoms with Crippen LogP contribution in [0.1, 0.15) is 28.8 Å². The highest BCUT2D eigenvalue weighted by atomic mass is 35.5. The summed E-state index contributed by atoms with van der Waals surface area (Å²) < 4.78 is 1.65. The van der Waals surface area contributed by atoms with Gasteiger partial charge in [0.1, 0.15) is 23.5 Å². The fourth-order valence-corrected chi connectivity index (χ4v) is 8.36. The third-order valence-corrected chi connectivity index (χ3v) is 12.1. The molecule has 0 fully saturated rings. The maximum Gasteiger partial charge on any atom is 0.320 e. The molecule has 16 heteroatoms. The number of aryl methyl sites for hydroxylation is 2. The molecule has 0 aliphatic carbocycles. The molecule has 0 bridgehead atoms. The Bertz CT molecular complexity index is 2920. The van der Waals surface area contributed by atoms with E-state index in [4.69, 9.17) is 38.4 Å². The Labute approximate surface area is 398 Å². The van der Waals surface area contributed by atoms with Crippen LogP contribution < -0.4 is 16.4 Å². The number of rotatable bonds is 11. The number of phenols is 1. The van der Waals surface area contributed by atoms with Crippen LogP contribution in [-0.4, -0.2) is 95.9 Å². The molecule has 0 spiro atoms. The van der Waals surface area contributed by atoms with Gasteiger partial charge in [0, 0.05) is 56.6 Å². The van der Waals surface area contributed by atoms with Gasteiger partial charge >= 0.3 is 11.9 Å². The van der Waals surface area contributed by atoms with Gasteiger partial charge < -0.3 is 46.7 Å². The largest absolute Gasteiger partial charge is 0.508 e. The zero-order valence-corrected chi connectivity index (χ0v) is 39.2. The molecule has 1 aliphatic rings. The summed E-state index contributed by atoms with van der Waals surface area (Å²) in [7, 11) is 4.23. The lowest BCUT2D eigenvalue weighted by Crippen LogP contribution is -2.32. The molecule has 2 atom stereocenters. The van der Waals surface area contributed by atoms with Gasteiger partial charge in [-0.3, -0.25) is 19.0 Å². The lowest BCUT2D eigenvalue weighted by atomic mass is 10.1. The Kier molecular flexibility index (Phi) is 17.0. The predicted molar refractivity (Wildman–Crippen MR) is 267 cm³/mol. The molecule has 2 unspecified atom stereocenters. The quantitative estimate of drug-likeness (QED) is 0.0644. The predicted octanol–water partition coefficient (Wildman–Crippen LogP) is 9.08. The van der Waals surface area contributed by atoms with Crippen LogP contribution in [0.15, 0.2) is 144 Å². The van der Waals surface area contributed by atoms with E-state index in [9.17, 15) is 14.7 Å². The number of aromatic hydroxyl groups is 2. The van der Waals surface area contributed by atoms with E-state index in [1.807, 2.05) is 79.5 Å². The fraction of sp³-hybridized carbons (Fsp3) is 0.216. The second-order valence-corrected chi connectivity index (χ2v) is 17.7. The third-order valence-electron chi connectivity index (χ3n) is 10.7. The van der Waals surface area contributed by atoms with Crippen molar-refractivity contribution < 1.29 is 30.0 Å². The maximum atomic E-state index is 10.6. The molecular formula is C51H55ClN8O6S. The van der Waals surface area contributed by atoms with Crippen molar-refractivity contribution in [1.29, 1.82) is 0 Å². The number of aliphatic carboxylic acids is 2. The van der Waals surface area contributed by atoms with E-state index < -0.39 is 24.0 Å². The standard InChI is InChI=1S/C17H19ClN2S.C14H13N3O.C11H12N2O2.C9H11NO3/c1-19(2)10-5-11-20-14-6-3-4-7-16(14)21-17-9-8-13(18)12-15(17)20;1-9-3-5-11(6-4-9)12-8-17-13(7-15-12)16-10(2)14(17)18;12-9(11(14)15)5-7-6-13-10-4-2-1-3-8(7)10;10-8(9(12)13)5-6-1-3-7(11)4-2-6/h3-4,6-9,12H,5,10-11H2,1-2H3;3-8,18H,1-2H3;1-4,6,9,13H,5,12H2,(H,14,15);1-4,8,11H,5,10H2,(H,12,13). The summed E-state index contributed by atoms with van der Waals surface area (Å²) in [6, 6.07) is 35.2. The average molecular weight is 944 g/mol. The summed E-state index contributed by atoms with van der Waals surface area (Å²) in [6.45, 7) is 5.91. The Morgan fingerprint density at radius 3 is 2.18 bits per heavy atom. The van der Waals surface area contributed by atoms with E-state index in [2.05, 4.69) is 75.2 Å². The average Bonchev–Trinajstić information content (AvgIpc) is 3.85. The monoisotopic (exact) mass is 942 g/mol. The molecule has 1 aliphatic heterocycles. The van der Waals surface area contributed by atoms with Gasteiger partial charge in [-0.05, 0) is 107 Å². The minimum atomic E-state index is -1.02. The van der Waals surface area contributed by atoms with Gasteiger partial charge in [-0.25, -0.2) is 4.98 Å². The number of hydrogen-bond acceptors (Lipinski definition) is 11. The van der Waals surface area contributed by atoms with E-state index in [0.717, 1.165) is 57.8 Å². The number of nitrogens with two attached hydrogens (primary N) is 2. The molecule has 0 saturated carbocycles. The third kappa shape index (κ3) is 13.4. The number of nitrogens with one attached hydrogen (secondary N) is 1. The van der Waals surface area contributed by atoms with Crippen molar-refractivity contribution in [3.05, 3.63) is 161 Å². The number of imidazole rings is 1. The second-order valence-electron chi connectivity index (χ2n) is 16.2. The lowest BCUT2D eigenvalue weighted by molar-refractivity contribution is -0.139. The number of nitrogens with zero attached hydrogens (tertiary/aromatic N) is 5. The first-order valence-electron chi connectivity index (χ1n) is 21.5. The molecule has 0 radical (unpaired) electrons. The zero-order chi connectivity index (χ0) is 48.2. The van der Waals surface area contributed by atoms with Crippen LogP contribution in [0.3, 0.4) is 0 Å². The van der Waals surface area contributed by atoms with Crippen LogP contribution in [0.5, 0.6) is 11.6 Å².